The van der Waals surface area contributed by atoms with E-state index in [0.29, 0.717) is 10.9 Å². The highest BCUT2D eigenvalue weighted by molar-refractivity contribution is 5.83. The Hall–Kier alpha value is -1.88. The molecule has 0 spiro atoms. The van der Waals surface area contributed by atoms with E-state index in [2.05, 4.69) is 0 Å². The predicted molar refractivity (Wildman–Crippen MR) is 53.2 cm³/mol. The van der Waals surface area contributed by atoms with Crippen molar-refractivity contribution in [2.45, 2.75) is 6.42 Å². The maximum absolute atomic E-state index is 13.7. The maximum atomic E-state index is 13.7. The number of rotatable bonds is 1. The van der Waals surface area contributed by atoms with Crippen molar-refractivity contribution in [3.05, 3.63) is 47.8 Å². The lowest BCUT2D eigenvalue weighted by atomic mass is 10.0. The van der Waals surface area contributed by atoms with Crippen LogP contribution in [0.4, 0.5) is 4.39 Å². The molecule has 1 nitrogen and oxygen atoms in total. The van der Waals surface area contributed by atoms with Crippen molar-refractivity contribution < 1.29 is 4.39 Å². The van der Waals surface area contributed by atoms with Crippen molar-refractivity contribution in [2.24, 2.45) is 0 Å². The average Bonchev–Trinajstić information content (AvgIpc) is 2.23. The van der Waals surface area contributed by atoms with Crippen LogP contribution in [0.5, 0.6) is 0 Å². The highest BCUT2D eigenvalue weighted by Crippen LogP contribution is 2.20. The van der Waals surface area contributed by atoms with E-state index in [9.17, 15) is 4.39 Å². The summed E-state index contributed by atoms with van der Waals surface area (Å²) in [7, 11) is 0. The van der Waals surface area contributed by atoms with E-state index in [-0.39, 0.29) is 12.2 Å². The van der Waals surface area contributed by atoms with E-state index in [4.69, 9.17) is 5.26 Å². The van der Waals surface area contributed by atoms with Gasteiger partial charge in [-0.15, -0.1) is 0 Å². The highest BCUT2D eigenvalue weighted by atomic mass is 19.1. The molecule has 14 heavy (non-hydrogen) atoms. The highest BCUT2D eigenvalue weighted by Gasteiger charge is 2.05. The molecule has 0 atom stereocenters. The second-order valence-corrected chi connectivity index (χ2v) is 3.09. The predicted octanol–water partition coefficient (Wildman–Crippen LogP) is 3.04. The van der Waals surface area contributed by atoms with Gasteiger partial charge in [0.05, 0.1) is 12.5 Å². The zero-order valence-corrected chi connectivity index (χ0v) is 7.50. The molecule has 0 unspecified atom stereocenters. The molecule has 2 aromatic carbocycles. The molecule has 0 fully saturated rings. The summed E-state index contributed by atoms with van der Waals surface area (Å²) in [5, 5.41) is 9.95. The first-order valence-corrected chi connectivity index (χ1v) is 4.36. The second kappa shape index (κ2) is 3.47. The maximum Gasteiger partial charge on any atom is 0.135 e. The third-order valence-electron chi connectivity index (χ3n) is 2.21. The van der Waals surface area contributed by atoms with Crippen LogP contribution in [-0.2, 0) is 6.42 Å². The van der Waals surface area contributed by atoms with Gasteiger partial charge < -0.3 is 0 Å². The van der Waals surface area contributed by atoms with Gasteiger partial charge in [-0.25, -0.2) is 4.39 Å². The molecular weight excluding hydrogens is 177 g/mol. The second-order valence-electron chi connectivity index (χ2n) is 3.09. The molecule has 0 amide bonds. The van der Waals surface area contributed by atoms with E-state index in [0.717, 1.165) is 5.39 Å². The van der Waals surface area contributed by atoms with Crippen molar-refractivity contribution in [3.63, 3.8) is 0 Å². The van der Waals surface area contributed by atoms with Crippen molar-refractivity contribution in [2.75, 3.05) is 0 Å². The first kappa shape index (κ1) is 8.71. The Morgan fingerprint density at radius 3 is 2.71 bits per heavy atom. The van der Waals surface area contributed by atoms with Gasteiger partial charge in [-0.05, 0) is 5.39 Å². The first-order chi connectivity index (χ1) is 6.83. The monoisotopic (exact) mass is 185 g/mol. The van der Waals surface area contributed by atoms with Crippen molar-refractivity contribution >= 4 is 10.8 Å². The summed E-state index contributed by atoms with van der Waals surface area (Å²) in [4.78, 5) is 0. The van der Waals surface area contributed by atoms with Gasteiger partial charge in [-0.2, -0.15) is 5.26 Å². The normalized spacial score (nSPS) is 10.0. The Balaban J connectivity index is 2.70. The van der Waals surface area contributed by atoms with Crippen LogP contribution >= 0.6 is 0 Å². The molecule has 0 saturated carbocycles. The van der Waals surface area contributed by atoms with Crippen LogP contribution in [0.25, 0.3) is 10.8 Å². The van der Waals surface area contributed by atoms with Crippen LogP contribution in [0.15, 0.2) is 36.4 Å². The summed E-state index contributed by atoms with van der Waals surface area (Å²) < 4.78 is 13.7. The van der Waals surface area contributed by atoms with Crippen LogP contribution in [-0.4, -0.2) is 0 Å². The van der Waals surface area contributed by atoms with E-state index in [1.807, 2.05) is 24.3 Å². The van der Waals surface area contributed by atoms with E-state index < -0.39 is 0 Å². The standard InChI is InChI=1S/C12H8FN/c13-12-10(7-8-14)6-5-9-3-1-2-4-11(9)12/h1-6H,7H2. The molecule has 0 heterocycles. The van der Waals surface area contributed by atoms with Gasteiger partial charge >= 0.3 is 0 Å². The van der Waals surface area contributed by atoms with E-state index in [1.165, 1.54) is 0 Å². The lowest BCUT2D eigenvalue weighted by Crippen LogP contribution is -1.89. The zero-order valence-electron chi connectivity index (χ0n) is 7.50. The van der Waals surface area contributed by atoms with Gasteiger partial charge in [0.1, 0.15) is 5.82 Å². The van der Waals surface area contributed by atoms with Gasteiger partial charge in [-0.3, -0.25) is 0 Å². The SMILES string of the molecule is N#CCc1ccc2ccccc2c1F. The fraction of sp³-hybridized carbons (Fsp3) is 0.0833. The average molecular weight is 185 g/mol. The lowest BCUT2D eigenvalue weighted by Gasteiger charge is -2.02. The zero-order chi connectivity index (χ0) is 9.97. The summed E-state index contributed by atoms with van der Waals surface area (Å²) in [6, 6.07) is 12.7. The Bertz CT molecular complexity index is 511. The molecule has 0 aliphatic carbocycles. The minimum Gasteiger partial charge on any atom is -0.206 e. The van der Waals surface area contributed by atoms with E-state index >= 15 is 0 Å². The summed E-state index contributed by atoms with van der Waals surface area (Å²) in [5.41, 5.74) is 0.464. The Morgan fingerprint density at radius 2 is 1.93 bits per heavy atom. The van der Waals surface area contributed by atoms with Crippen LogP contribution < -0.4 is 0 Å². The molecule has 0 saturated heterocycles. The third-order valence-corrected chi connectivity index (χ3v) is 2.21. The van der Waals surface area contributed by atoms with Crippen molar-refractivity contribution in [1.29, 1.82) is 5.26 Å². The fourth-order valence-corrected chi connectivity index (χ4v) is 1.50. The minimum absolute atomic E-state index is 0.122. The van der Waals surface area contributed by atoms with Gasteiger partial charge in [-0.1, -0.05) is 36.4 Å². The molecule has 68 valence electrons. The summed E-state index contributed by atoms with van der Waals surface area (Å²) >= 11 is 0. The largest absolute Gasteiger partial charge is 0.206 e. The molecule has 0 radical (unpaired) electrons. The number of fused-ring (bicyclic) bond motifs is 1. The number of nitriles is 1. The van der Waals surface area contributed by atoms with E-state index in [1.54, 1.807) is 18.2 Å². The van der Waals surface area contributed by atoms with Gasteiger partial charge in [0, 0.05) is 10.9 Å². The third kappa shape index (κ3) is 1.33. The molecule has 0 aliphatic heterocycles. The number of halogens is 1. The van der Waals surface area contributed by atoms with Crippen LogP contribution in [0.1, 0.15) is 5.56 Å². The first-order valence-electron chi connectivity index (χ1n) is 4.36. The Labute approximate surface area is 81.4 Å². The summed E-state index contributed by atoms with van der Waals surface area (Å²) in [5.74, 6) is -0.273. The van der Waals surface area contributed by atoms with Crippen LogP contribution in [0.3, 0.4) is 0 Å². The number of hydrogen-bond donors (Lipinski definition) is 0. The number of nitrogens with zero attached hydrogens (tertiary/aromatic N) is 1. The molecular formula is C12H8FN. The molecule has 0 aliphatic rings. The van der Waals surface area contributed by atoms with Crippen LogP contribution in [0, 0.1) is 17.1 Å². The molecule has 2 aromatic rings. The summed E-state index contributed by atoms with van der Waals surface area (Å²) in [6.07, 6.45) is 0.122. The van der Waals surface area contributed by atoms with Crippen LogP contribution in [0.2, 0.25) is 0 Å². The smallest absolute Gasteiger partial charge is 0.135 e. The summed E-state index contributed by atoms with van der Waals surface area (Å²) in [6.45, 7) is 0. The van der Waals surface area contributed by atoms with Gasteiger partial charge in [0.2, 0.25) is 0 Å². The molecule has 0 N–H and O–H groups in total. The quantitative estimate of drug-likeness (QED) is 0.669. The number of benzene rings is 2. The minimum atomic E-state index is -0.273. The van der Waals surface area contributed by atoms with Gasteiger partial charge in [0.15, 0.2) is 0 Å². The Morgan fingerprint density at radius 1 is 1.14 bits per heavy atom. The molecule has 2 heteroatoms. The molecule has 2 rings (SSSR count). The Kier molecular flexibility index (Phi) is 2.16. The number of hydrogen-bond acceptors (Lipinski definition) is 1. The topological polar surface area (TPSA) is 23.8 Å². The lowest BCUT2D eigenvalue weighted by molar-refractivity contribution is 0.627. The van der Waals surface area contributed by atoms with Crippen molar-refractivity contribution in [3.8, 4) is 6.07 Å². The fourth-order valence-electron chi connectivity index (χ4n) is 1.50. The van der Waals surface area contributed by atoms with Gasteiger partial charge in [0.25, 0.3) is 0 Å². The molecule has 0 bridgehead atoms. The molecule has 0 aromatic heterocycles. The van der Waals surface area contributed by atoms with Crippen molar-refractivity contribution in [1.82, 2.24) is 0 Å².